The fourth-order valence-electron chi connectivity index (χ4n) is 1.38. The summed E-state index contributed by atoms with van der Waals surface area (Å²) >= 11 is 0. The van der Waals surface area contributed by atoms with Crippen LogP contribution < -0.4 is 10.2 Å². The van der Waals surface area contributed by atoms with E-state index in [1.165, 1.54) is 4.90 Å². The fraction of sp³-hybridized carbons (Fsp3) is 0.462. The van der Waals surface area contributed by atoms with Crippen molar-refractivity contribution in [2.45, 2.75) is 13.0 Å². The summed E-state index contributed by atoms with van der Waals surface area (Å²) in [5.41, 5.74) is 1.81. The molecule has 1 unspecified atom stereocenters. The van der Waals surface area contributed by atoms with Gasteiger partial charge in [0.15, 0.2) is 0 Å². The number of hydrogen-bond acceptors (Lipinski definition) is 3. The molecule has 0 bridgehead atoms. The highest BCUT2D eigenvalue weighted by atomic mass is 16.3. The number of benzene rings is 1. The molecule has 2 amide bonds. The number of carbonyl (C=O) groups is 1. The first-order chi connectivity index (χ1) is 8.45. The number of carbonyl (C=O) groups excluding carboxylic acids is 1. The van der Waals surface area contributed by atoms with E-state index in [-0.39, 0.29) is 18.7 Å². The number of anilines is 2. The average Bonchev–Trinajstić information content (AvgIpc) is 2.37. The molecule has 0 spiro atoms. The third-order valence-corrected chi connectivity index (χ3v) is 2.88. The van der Waals surface area contributed by atoms with E-state index in [0.717, 1.165) is 11.4 Å². The molecule has 0 aliphatic carbocycles. The van der Waals surface area contributed by atoms with Crippen molar-refractivity contribution in [3.8, 4) is 0 Å². The molecule has 0 aliphatic heterocycles. The predicted molar refractivity (Wildman–Crippen MR) is 74.1 cm³/mol. The molecule has 18 heavy (non-hydrogen) atoms. The van der Waals surface area contributed by atoms with Crippen molar-refractivity contribution in [1.82, 2.24) is 4.90 Å². The molecule has 1 aromatic carbocycles. The van der Waals surface area contributed by atoms with Crippen LogP contribution in [0.15, 0.2) is 24.3 Å². The molecular weight excluding hydrogens is 230 g/mol. The van der Waals surface area contributed by atoms with Crippen LogP contribution in [0.3, 0.4) is 0 Å². The molecule has 0 radical (unpaired) electrons. The van der Waals surface area contributed by atoms with Crippen LogP contribution in [0.1, 0.15) is 6.92 Å². The minimum atomic E-state index is -0.228. The molecule has 2 N–H and O–H groups in total. The van der Waals surface area contributed by atoms with Crippen molar-refractivity contribution in [2.75, 3.05) is 38.0 Å². The van der Waals surface area contributed by atoms with Crippen molar-refractivity contribution < 1.29 is 9.90 Å². The number of hydrogen-bond donors (Lipinski definition) is 2. The van der Waals surface area contributed by atoms with Gasteiger partial charge in [0.05, 0.1) is 12.6 Å². The van der Waals surface area contributed by atoms with Crippen LogP contribution in [0.2, 0.25) is 0 Å². The lowest BCUT2D eigenvalue weighted by Gasteiger charge is -2.23. The van der Waals surface area contributed by atoms with E-state index >= 15 is 0 Å². The van der Waals surface area contributed by atoms with E-state index in [4.69, 9.17) is 5.11 Å². The van der Waals surface area contributed by atoms with Crippen LogP contribution in [-0.2, 0) is 0 Å². The Bertz CT molecular complexity index is 390. The molecule has 5 nitrogen and oxygen atoms in total. The summed E-state index contributed by atoms with van der Waals surface area (Å²) in [7, 11) is 5.58. The van der Waals surface area contributed by atoms with Crippen molar-refractivity contribution >= 4 is 17.4 Å². The maximum absolute atomic E-state index is 11.8. The Morgan fingerprint density at radius 3 is 2.28 bits per heavy atom. The Morgan fingerprint density at radius 2 is 1.83 bits per heavy atom. The second-order valence-electron chi connectivity index (χ2n) is 4.51. The number of likely N-dealkylation sites (N-methyl/N-ethyl adjacent to an activating group) is 1. The van der Waals surface area contributed by atoms with Gasteiger partial charge in [-0.3, -0.25) is 0 Å². The Hall–Kier alpha value is -1.75. The van der Waals surface area contributed by atoms with Gasteiger partial charge in [-0.15, -0.1) is 0 Å². The highest BCUT2D eigenvalue weighted by molar-refractivity contribution is 5.89. The minimum Gasteiger partial charge on any atom is -0.394 e. The van der Waals surface area contributed by atoms with Gasteiger partial charge in [0, 0.05) is 32.5 Å². The van der Waals surface area contributed by atoms with Gasteiger partial charge in [-0.05, 0) is 31.2 Å². The molecule has 0 saturated heterocycles. The summed E-state index contributed by atoms with van der Waals surface area (Å²) in [4.78, 5) is 15.3. The number of urea groups is 1. The molecule has 1 aromatic rings. The molecule has 1 atom stereocenters. The van der Waals surface area contributed by atoms with E-state index in [2.05, 4.69) is 5.32 Å². The topological polar surface area (TPSA) is 55.8 Å². The summed E-state index contributed by atoms with van der Waals surface area (Å²) in [5.74, 6) is 0. The maximum Gasteiger partial charge on any atom is 0.321 e. The lowest BCUT2D eigenvalue weighted by Crippen LogP contribution is -2.40. The molecule has 0 aliphatic rings. The third-order valence-electron chi connectivity index (χ3n) is 2.88. The minimum absolute atomic E-state index is 0.0521. The molecule has 1 rings (SSSR count). The Morgan fingerprint density at radius 1 is 1.28 bits per heavy atom. The molecule has 5 heteroatoms. The summed E-state index contributed by atoms with van der Waals surface area (Å²) in [6, 6.07) is 7.14. The van der Waals surface area contributed by atoms with E-state index in [1.54, 1.807) is 14.0 Å². The van der Waals surface area contributed by atoms with Crippen LogP contribution in [0, 0.1) is 0 Å². The zero-order chi connectivity index (χ0) is 13.7. The second-order valence-corrected chi connectivity index (χ2v) is 4.51. The normalized spacial score (nSPS) is 11.8. The second kappa shape index (κ2) is 6.26. The zero-order valence-corrected chi connectivity index (χ0v) is 11.3. The van der Waals surface area contributed by atoms with Crippen molar-refractivity contribution in [3.63, 3.8) is 0 Å². The molecule has 100 valence electrons. The van der Waals surface area contributed by atoms with Crippen LogP contribution >= 0.6 is 0 Å². The lowest BCUT2D eigenvalue weighted by atomic mass is 10.2. The van der Waals surface area contributed by atoms with E-state index in [9.17, 15) is 4.79 Å². The SMILES string of the molecule is CC(CO)N(C)C(=O)Nc1ccc(N(C)C)cc1. The Balaban J connectivity index is 2.65. The molecule has 0 fully saturated rings. The first-order valence-corrected chi connectivity index (χ1v) is 5.87. The molecule has 0 saturated carbocycles. The summed E-state index contributed by atoms with van der Waals surface area (Å²) in [6.07, 6.45) is 0. The fourth-order valence-corrected chi connectivity index (χ4v) is 1.38. The highest BCUT2D eigenvalue weighted by Crippen LogP contribution is 2.16. The third kappa shape index (κ3) is 3.63. The zero-order valence-electron chi connectivity index (χ0n) is 11.3. The van der Waals surface area contributed by atoms with Crippen molar-refractivity contribution in [3.05, 3.63) is 24.3 Å². The van der Waals surface area contributed by atoms with E-state index in [0.29, 0.717) is 0 Å². The van der Waals surface area contributed by atoms with Gasteiger partial charge >= 0.3 is 6.03 Å². The van der Waals surface area contributed by atoms with Gasteiger partial charge in [-0.25, -0.2) is 4.79 Å². The molecule has 0 aromatic heterocycles. The standard InChI is InChI=1S/C13H21N3O2/c1-10(9-17)16(4)13(18)14-11-5-7-12(8-6-11)15(2)3/h5-8,10,17H,9H2,1-4H3,(H,14,18). The number of nitrogens with zero attached hydrogens (tertiary/aromatic N) is 2. The Labute approximate surface area is 108 Å². The monoisotopic (exact) mass is 251 g/mol. The summed E-state index contributed by atoms with van der Waals surface area (Å²) in [5, 5.41) is 11.8. The van der Waals surface area contributed by atoms with Crippen LogP contribution in [-0.4, -0.2) is 49.8 Å². The largest absolute Gasteiger partial charge is 0.394 e. The van der Waals surface area contributed by atoms with Gasteiger partial charge in [0.1, 0.15) is 0 Å². The summed E-state index contributed by atoms with van der Waals surface area (Å²) in [6.45, 7) is 1.73. The molecular formula is C13H21N3O2. The van der Waals surface area contributed by atoms with Gasteiger partial charge in [-0.1, -0.05) is 0 Å². The van der Waals surface area contributed by atoms with E-state index < -0.39 is 0 Å². The van der Waals surface area contributed by atoms with Crippen molar-refractivity contribution in [1.29, 1.82) is 0 Å². The first kappa shape index (κ1) is 14.3. The number of aliphatic hydroxyl groups excluding tert-OH is 1. The van der Waals surface area contributed by atoms with Gasteiger partial charge < -0.3 is 20.2 Å². The van der Waals surface area contributed by atoms with Crippen LogP contribution in [0.25, 0.3) is 0 Å². The van der Waals surface area contributed by atoms with Crippen LogP contribution in [0.4, 0.5) is 16.2 Å². The smallest absolute Gasteiger partial charge is 0.321 e. The predicted octanol–water partition coefficient (Wildman–Crippen LogP) is 1.60. The number of nitrogens with one attached hydrogen (secondary N) is 1. The van der Waals surface area contributed by atoms with Gasteiger partial charge in [0.2, 0.25) is 0 Å². The lowest BCUT2D eigenvalue weighted by molar-refractivity contribution is 0.166. The van der Waals surface area contributed by atoms with Gasteiger partial charge in [-0.2, -0.15) is 0 Å². The number of rotatable bonds is 4. The quantitative estimate of drug-likeness (QED) is 0.854. The maximum atomic E-state index is 11.8. The number of aliphatic hydroxyl groups is 1. The van der Waals surface area contributed by atoms with E-state index in [1.807, 2.05) is 43.3 Å². The first-order valence-electron chi connectivity index (χ1n) is 5.87. The Kier molecular flexibility index (Phi) is 4.97. The molecule has 0 heterocycles. The summed E-state index contributed by atoms with van der Waals surface area (Å²) < 4.78 is 0. The van der Waals surface area contributed by atoms with Gasteiger partial charge in [0.25, 0.3) is 0 Å². The average molecular weight is 251 g/mol. The van der Waals surface area contributed by atoms with Crippen molar-refractivity contribution in [2.24, 2.45) is 0 Å². The van der Waals surface area contributed by atoms with Crippen LogP contribution in [0.5, 0.6) is 0 Å². The number of amides is 2. The highest BCUT2D eigenvalue weighted by Gasteiger charge is 2.14.